The molecule has 0 atom stereocenters. The first-order chi connectivity index (χ1) is 13.5. The minimum atomic E-state index is -0.628. The number of benzene rings is 1. The topological polar surface area (TPSA) is 114 Å². The summed E-state index contributed by atoms with van der Waals surface area (Å²) in [6, 6.07) is 6.91. The zero-order chi connectivity index (χ0) is 19.7. The lowest BCUT2D eigenvalue weighted by molar-refractivity contribution is -0.119. The first-order valence-electron chi connectivity index (χ1n) is 9.00. The first-order valence-corrected chi connectivity index (χ1v) is 9.88. The molecule has 0 aliphatic heterocycles. The lowest BCUT2D eigenvalue weighted by atomic mass is 9.95. The van der Waals surface area contributed by atoms with Crippen molar-refractivity contribution >= 4 is 45.0 Å². The lowest BCUT2D eigenvalue weighted by Crippen LogP contribution is -2.22. The number of primary amides is 1. The lowest BCUT2D eigenvalue weighted by Gasteiger charge is -2.10. The van der Waals surface area contributed by atoms with Gasteiger partial charge in [-0.1, -0.05) is 0 Å². The zero-order valence-corrected chi connectivity index (χ0v) is 15.9. The van der Waals surface area contributed by atoms with Gasteiger partial charge in [-0.25, -0.2) is 4.79 Å². The number of hydrogen-bond acceptors (Lipinski definition) is 5. The molecule has 0 spiro atoms. The average Bonchev–Trinajstić information content (AvgIpc) is 3.29. The third-order valence-corrected chi connectivity index (χ3v) is 5.68. The number of ether oxygens (including phenoxy) is 1. The maximum atomic E-state index is 12.4. The second-order valence-electron chi connectivity index (χ2n) is 6.70. The number of rotatable bonds is 5. The van der Waals surface area contributed by atoms with Crippen LogP contribution in [0, 0.1) is 0 Å². The molecule has 0 bridgehead atoms. The summed E-state index contributed by atoms with van der Waals surface area (Å²) in [7, 11) is 0. The van der Waals surface area contributed by atoms with Crippen LogP contribution in [-0.4, -0.2) is 29.4 Å². The molecule has 4 N–H and O–H groups in total. The van der Waals surface area contributed by atoms with E-state index in [1.807, 2.05) is 12.1 Å². The van der Waals surface area contributed by atoms with Crippen molar-refractivity contribution in [2.75, 3.05) is 11.9 Å². The molecule has 0 fully saturated rings. The molecule has 1 aliphatic carbocycles. The van der Waals surface area contributed by atoms with Gasteiger partial charge >= 0.3 is 5.97 Å². The van der Waals surface area contributed by atoms with Crippen LogP contribution in [0.2, 0.25) is 0 Å². The Morgan fingerprint density at radius 1 is 1.18 bits per heavy atom. The van der Waals surface area contributed by atoms with Crippen LogP contribution in [-0.2, 0) is 22.4 Å². The number of aromatic amines is 1. The van der Waals surface area contributed by atoms with Crippen molar-refractivity contribution in [3.63, 3.8) is 0 Å². The van der Waals surface area contributed by atoms with Crippen LogP contribution in [0.4, 0.5) is 5.00 Å². The van der Waals surface area contributed by atoms with Crippen molar-refractivity contribution < 1.29 is 19.1 Å². The highest BCUT2D eigenvalue weighted by Crippen LogP contribution is 2.30. The van der Waals surface area contributed by atoms with E-state index in [1.165, 1.54) is 35.1 Å². The smallest absolute Gasteiger partial charge is 0.338 e. The van der Waals surface area contributed by atoms with Gasteiger partial charge < -0.3 is 20.8 Å². The molecular formula is C20H19N3O4S. The molecule has 2 amide bonds. The largest absolute Gasteiger partial charge is 0.452 e. The number of fused-ring (bicyclic) bond motifs is 3. The van der Waals surface area contributed by atoms with Gasteiger partial charge in [-0.05, 0) is 60.9 Å². The van der Waals surface area contributed by atoms with Gasteiger partial charge in [-0.15, -0.1) is 11.3 Å². The van der Waals surface area contributed by atoms with Crippen LogP contribution in [0.3, 0.4) is 0 Å². The summed E-state index contributed by atoms with van der Waals surface area (Å²) >= 11 is 1.18. The van der Waals surface area contributed by atoms with Gasteiger partial charge in [-0.3, -0.25) is 9.59 Å². The Morgan fingerprint density at radius 3 is 2.82 bits per heavy atom. The number of hydrogen-bond donors (Lipinski definition) is 3. The van der Waals surface area contributed by atoms with E-state index in [-0.39, 0.29) is 5.56 Å². The molecule has 28 heavy (non-hydrogen) atoms. The predicted octanol–water partition coefficient (Wildman–Crippen LogP) is 3.00. The highest BCUT2D eigenvalue weighted by molar-refractivity contribution is 7.14. The number of esters is 1. The molecule has 7 nitrogen and oxygen atoms in total. The van der Waals surface area contributed by atoms with Gasteiger partial charge in [0.05, 0.1) is 11.1 Å². The van der Waals surface area contributed by atoms with Gasteiger partial charge in [0.2, 0.25) is 0 Å². The quantitative estimate of drug-likeness (QED) is 0.574. The summed E-state index contributed by atoms with van der Waals surface area (Å²) in [6.45, 7) is -0.446. The normalized spacial score (nSPS) is 13.1. The number of anilines is 1. The molecular weight excluding hydrogens is 378 g/mol. The Labute approximate surface area is 164 Å². The van der Waals surface area contributed by atoms with Crippen LogP contribution in [0.5, 0.6) is 0 Å². The van der Waals surface area contributed by atoms with Crippen LogP contribution >= 0.6 is 11.3 Å². The Bertz CT molecular complexity index is 1080. The minimum Gasteiger partial charge on any atom is -0.452 e. The Kier molecular flexibility index (Phi) is 4.87. The Balaban J connectivity index is 1.43. The molecule has 4 rings (SSSR count). The molecule has 0 radical (unpaired) electrons. The van der Waals surface area contributed by atoms with E-state index in [9.17, 15) is 14.4 Å². The number of nitrogens with one attached hydrogen (secondary N) is 2. The Morgan fingerprint density at radius 2 is 2.00 bits per heavy atom. The van der Waals surface area contributed by atoms with E-state index < -0.39 is 24.4 Å². The standard InChI is InChI=1S/C20H19N3O4S/c21-18(25)13-7-8-28-19(13)23-17(24)10-27-20(26)11-5-6-16-14(9-11)12-3-1-2-4-15(12)22-16/h5-9,22H,1-4,10H2,(H2,21,25)(H,23,24). The highest BCUT2D eigenvalue weighted by Gasteiger charge is 2.18. The second-order valence-corrected chi connectivity index (χ2v) is 7.62. The number of carbonyl (C=O) groups is 3. The van der Waals surface area contributed by atoms with Gasteiger partial charge in [0.25, 0.3) is 11.8 Å². The van der Waals surface area contributed by atoms with E-state index in [0.717, 1.165) is 30.2 Å². The third kappa shape index (κ3) is 3.50. The molecule has 2 heterocycles. The SMILES string of the molecule is NC(=O)c1ccsc1NC(=O)COC(=O)c1ccc2[nH]c3c(c2c1)CCCC3. The number of carbonyl (C=O) groups excluding carboxylic acids is 3. The van der Waals surface area contributed by atoms with Gasteiger partial charge in [0.15, 0.2) is 6.61 Å². The predicted molar refractivity (Wildman–Crippen MR) is 107 cm³/mol. The summed E-state index contributed by atoms with van der Waals surface area (Å²) in [5, 5.41) is 5.57. The van der Waals surface area contributed by atoms with Crippen molar-refractivity contribution in [3.8, 4) is 0 Å². The molecule has 144 valence electrons. The summed E-state index contributed by atoms with van der Waals surface area (Å²) in [5.74, 6) is -1.72. The first kappa shape index (κ1) is 18.2. The minimum absolute atomic E-state index is 0.229. The summed E-state index contributed by atoms with van der Waals surface area (Å²) in [5.41, 5.74) is 9.40. The zero-order valence-electron chi connectivity index (χ0n) is 15.0. The molecule has 3 aromatic rings. The van der Waals surface area contributed by atoms with Crippen LogP contribution in [0.15, 0.2) is 29.6 Å². The van der Waals surface area contributed by atoms with Crippen LogP contribution < -0.4 is 11.1 Å². The maximum absolute atomic E-state index is 12.4. The second kappa shape index (κ2) is 7.47. The van der Waals surface area contributed by atoms with E-state index in [2.05, 4.69) is 10.3 Å². The van der Waals surface area contributed by atoms with Crippen molar-refractivity contribution in [1.82, 2.24) is 4.98 Å². The van der Waals surface area contributed by atoms with Gasteiger partial charge in [0.1, 0.15) is 5.00 Å². The number of thiophene rings is 1. The average molecular weight is 397 g/mol. The highest BCUT2D eigenvalue weighted by atomic mass is 32.1. The molecule has 1 aromatic carbocycles. The van der Waals surface area contributed by atoms with Crippen molar-refractivity contribution in [1.29, 1.82) is 0 Å². The molecule has 1 aliphatic rings. The van der Waals surface area contributed by atoms with E-state index in [0.29, 0.717) is 10.6 Å². The number of H-pyrrole nitrogens is 1. The van der Waals surface area contributed by atoms with E-state index >= 15 is 0 Å². The van der Waals surface area contributed by atoms with Gasteiger partial charge in [-0.2, -0.15) is 0 Å². The van der Waals surface area contributed by atoms with Crippen LogP contribution in [0.1, 0.15) is 44.8 Å². The molecule has 0 saturated carbocycles. The fourth-order valence-electron chi connectivity index (χ4n) is 3.51. The monoisotopic (exact) mass is 397 g/mol. The maximum Gasteiger partial charge on any atom is 0.338 e. The molecule has 0 saturated heterocycles. The fourth-order valence-corrected chi connectivity index (χ4v) is 4.32. The number of nitrogens with two attached hydrogens (primary N) is 1. The van der Waals surface area contributed by atoms with Crippen LogP contribution in [0.25, 0.3) is 10.9 Å². The Hall–Kier alpha value is -3.13. The van der Waals surface area contributed by atoms with Crippen molar-refractivity contribution in [3.05, 3.63) is 52.0 Å². The number of aromatic nitrogens is 1. The molecule has 0 unspecified atom stereocenters. The van der Waals surface area contributed by atoms with E-state index in [4.69, 9.17) is 10.5 Å². The van der Waals surface area contributed by atoms with Gasteiger partial charge in [0, 0.05) is 16.6 Å². The fraction of sp³-hybridized carbons (Fsp3) is 0.250. The van der Waals surface area contributed by atoms with Crippen molar-refractivity contribution in [2.24, 2.45) is 5.73 Å². The third-order valence-electron chi connectivity index (χ3n) is 4.85. The molecule has 2 aromatic heterocycles. The summed E-state index contributed by atoms with van der Waals surface area (Å²) in [4.78, 5) is 39.1. The number of aryl methyl sites for hydroxylation is 2. The van der Waals surface area contributed by atoms with Crippen molar-refractivity contribution in [2.45, 2.75) is 25.7 Å². The summed E-state index contributed by atoms with van der Waals surface area (Å²) < 4.78 is 5.14. The summed E-state index contributed by atoms with van der Waals surface area (Å²) in [6.07, 6.45) is 4.34. The van der Waals surface area contributed by atoms with E-state index in [1.54, 1.807) is 11.4 Å². The molecule has 8 heteroatoms. The number of amides is 2.